The maximum absolute atomic E-state index is 14.6. The molecule has 0 saturated carbocycles. The van der Waals surface area contributed by atoms with E-state index in [4.69, 9.17) is 4.74 Å². The van der Waals surface area contributed by atoms with Crippen LogP contribution in [0.1, 0.15) is 27.6 Å². The number of carbonyl (C=O) groups excluding carboxylic acids is 2. The first-order chi connectivity index (χ1) is 12.4. The lowest BCUT2D eigenvalue weighted by Gasteiger charge is -2.12. The molecule has 0 aliphatic rings. The Kier molecular flexibility index (Phi) is 4.75. The molecule has 2 aromatic carbocycles. The summed E-state index contributed by atoms with van der Waals surface area (Å²) >= 11 is 0. The molecule has 26 heavy (non-hydrogen) atoms. The summed E-state index contributed by atoms with van der Waals surface area (Å²) in [6.07, 6.45) is 1.73. The highest BCUT2D eigenvalue weighted by Crippen LogP contribution is 2.24. The molecule has 6 heteroatoms. The van der Waals surface area contributed by atoms with Gasteiger partial charge in [0, 0.05) is 25.9 Å². The highest BCUT2D eigenvalue weighted by atomic mass is 19.1. The van der Waals surface area contributed by atoms with Gasteiger partial charge in [-0.25, -0.2) is 9.18 Å². The smallest absolute Gasteiger partial charge is 0.338 e. The van der Waals surface area contributed by atoms with E-state index >= 15 is 0 Å². The second-order valence-electron chi connectivity index (χ2n) is 6.05. The van der Waals surface area contributed by atoms with Crippen LogP contribution >= 0.6 is 0 Å². The summed E-state index contributed by atoms with van der Waals surface area (Å²) in [6, 6.07) is 11.4. The first-order valence-electron chi connectivity index (χ1n) is 8.22. The van der Waals surface area contributed by atoms with E-state index in [1.807, 2.05) is 12.1 Å². The van der Waals surface area contributed by atoms with Crippen molar-refractivity contribution in [3.8, 4) is 5.69 Å². The second-order valence-corrected chi connectivity index (χ2v) is 6.05. The Balaban J connectivity index is 2.06. The average molecular weight is 354 g/mol. The maximum Gasteiger partial charge on any atom is 0.338 e. The summed E-state index contributed by atoms with van der Waals surface area (Å²) in [5, 5.41) is 0.883. The van der Waals surface area contributed by atoms with E-state index in [0.29, 0.717) is 16.8 Å². The van der Waals surface area contributed by atoms with Crippen LogP contribution < -0.4 is 0 Å². The van der Waals surface area contributed by atoms with Gasteiger partial charge in [-0.15, -0.1) is 0 Å². The zero-order chi connectivity index (χ0) is 18.8. The Labute approximate surface area is 150 Å². The number of nitrogens with zero attached hydrogens (tertiary/aromatic N) is 2. The molecule has 0 saturated heterocycles. The molecule has 0 spiro atoms. The maximum atomic E-state index is 14.6. The topological polar surface area (TPSA) is 51.5 Å². The van der Waals surface area contributed by atoms with Gasteiger partial charge in [0.05, 0.1) is 23.4 Å². The molecule has 3 rings (SSSR count). The van der Waals surface area contributed by atoms with Gasteiger partial charge >= 0.3 is 5.97 Å². The monoisotopic (exact) mass is 354 g/mol. The fourth-order valence-corrected chi connectivity index (χ4v) is 2.77. The largest absolute Gasteiger partial charge is 0.462 e. The van der Waals surface area contributed by atoms with Crippen LogP contribution in [0.2, 0.25) is 0 Å². The zero-order valence-corrected chi connectivity index (χ0v) is 14.8. The molecule has 5 nitrogen and oxygen atoms in total. The zero-order valence-electron chi connectivity index (χ0n) is 14.8. The van der Waals surface area contributed by atoms with Crippen LogP contribution in [-0.4, -0.2) is 42.0 Å². The summed E-state index contributed by atoms with van der Waals surface area (Å²) < 4.78 is 21.2. The van der Waals surface area contributed by atoms with Gasteiger partial charge in [-0.1, -0.05) is 6.07 Å². The predicted molar refractivity (Wildman–Crippen MR) is 97.2 cm³/mol. The molecule has 0 bridgehead atoms. The van der Waals surface area contributed by atoms with Crippen molar-refractivity contribution in [2.45, 2.75) is 6.92 Å². The lowest BCUT2D eigenvalue weighted by molar-refractivity contribution is 0.0525. The third-order valence-electron chi connectivity index (χ3n) is 4.06. The number of aromatic nitrogens is 1. The Morgan fingerprint density at radius 3 is 2.46 bits per heavy atom. The van der Waals surface area contributed by atoms with Crippen molar-refractivity contribution in [1.82, 2.24) is 9.47 Å². The Morgan fingerprint density at radius 1 is 1.08 bits per heavy atom. The molecule has 0 aliphatic heterocycles. The van der Waals surface area contributed by atoms with Gasteiger partial charge in [-0.2, -0.15) is 0 Å². The third kappa shape index (κ3) is 3.18. The average Bonchev–Trinajstić information content (AvgIpc) is 3.04. The SMILES string of the molecule is CCOC(=O)c1ccc(-n2ccc3ccc(C(=O)N(C)C)cc32)c(F)c1. The van der Waals surface area contributed by atoms with Crippen LogP contribution in [0.5, 0.6) is 0 Å². The normalized spacial score (nSPS) is 10.8. The van der Waals surface area contributed by atoms with E-state index in [1.165, 1.54) is 17.0 Å². The fourth-order valence-electron chi connectivity index (χ4n) is 2.77. The molecular weight excluding hydrogens is 335 g/mol. The van der Waals surface area contributed by atoms with E-state index < -0.39 is 11.8 Å². The second kappa shape index (κ2) is 7.00. The number of hydrogen-bond acceptors (Lipinski definition) is 3. The van der Waals surface area contributed by atoms with Gasteiger partial charge in [-0.3, -0.25) is 4.79 Å². The first-order valence-corrected chi connectivity index (χ1v) is 8.22. The van der Waals surface area contributed by atoms with Crippen LogP contribution in [-0.2, 0) is 4.74 Å². The highest BCUT2D eigenvalue weighted by Gasteiger charge is 2.15. The number of fused-ring (bicyclic) bond motifs is 1. The summed E-state index contributed by atoms with van der Waals surface area (Å²) in [4.78, 5) is 25.4. The van der Waals surface area contributed by atoms with Crippen molar-refractivity contribution in [1.29, 1.82) is 0 Å². The number of benzene rings is 2. The van der Waals surface area contributed by atoms with Gasteiger partial charge in [-0.05, 0) is 48.7 Å². The third-order valence-corrected chi connectivity index (χ3v) is 4.06. The number of hydrogen-bond donors (Lipinski definition) is 0. The van der Waals surface area contributed by atoms with Crippen molar-refractivity contribution in [3.63, 3.8) is 0 Å². The molecule has 134 valence electrons. The summed E-state index contributed by atoms with van der Waals surface area (Å²) in [5.74, 6) is -1.23. The van der Waals surface area contributed by atoms with E-state index in [0.717, 1.165) is 11.5 Å². The molecule has 3 aromatic rings. The van der Waals surface area contributed by atoms with E-state index in [1.54, 1.807) is 43.9 Å². The Morgan fingerprint density at radius 2 is 1.81 bits per heavy atom. The number of esters is 1. The van der Waals surface area contributed by atoms with Crippen molar-refractivity contribution < 1.29 is 18.7 Å². The van der Waals surface area contributed by atoms with E-state index in [2.05, 4.69) is 0 Å². The first kappa shape index (κ1) is 17.7. The fraction of sp³-hybridized carbons (Fsp3) is 0.200. The van der Waals surface area contributed by atoms with Gasteiger partial charge in [0.25, 0.3) is 5.91 Å². The number of halogens is 1. The number of ether oxygens (including phenoxy) is 1. The van der Waals surface area contributed by atoms with E-state index in [9.17, 15) is 14.0 Å². The molecule has 0 atom stereocenters. The quantitative estimate of drug-likeness (QED) is 0.672. The molecule has 1 heterocycles. The number of carbonyl (C=O) groups is 2. The minimum atomic E-state index is -0.561. The van der Waals surface area contributed by atoms with Gasteiger partial charge < -0.3 is 14.2 Å². The minimum absolute atomic E-state index is 0.127. The van der Waals surface area contributed by atoms with Crippen LogP contribution in [0.25, 0.3) is 16.6 Å². The molecular formula is C20H19FN2O3. The van der Waals surface area contributed by atoms with Crippen LogP contribution in [0.4, 0.5) is 4.39 Å². The number of rotatable bonds is 4. The van der Waals surface area contributed by atoms with Crippen LogP contribution in [0.15, 0.2) is 48.7 Å². The standard InChI is InChI=1S/C20H19FN2O3/c1-4-26-20(25)15-7-8-17(16(21)11-15)23-10-9-13-5-6-14(12-18(13)23)19(24)22(2)3/h5-12H,4H2,1-3H3. The highest BCUT2D eigenvalue weighted by molar-refractivity contribution is 5.98. The van der Waals surface area contributed by atoms with Crippen molar-refractivity contribution >= 4 is 22.8 Å². The minimum Gasteiger partial charge on any atom is -0.462 e. The van der Waals surface area contributed by atoms with Crippen molar-refractivity contribution in [2.24, 2.45) is 0 Å². The van der Waals surface area contributed by atoms with Gasteiger partial charge in [0.1, 0.15) is 5.82 Å². The lowest BCUT2D eigenvalue weighted by atomic mass is 10.1. The Hall–Kier alpha value is -3.15. The molecule has 1 amide bonds. The van der Waals surface area contributed by atoms with Gasteiger partial charge in [0.15, 0.2) is 0 Å². The number of amides is 1. The Bertz CT molecular complexity index is 992. The predicted octanol–water partition coefficient (Wildman–Crippen LogP) is 3.65. The van der Waals surface area contributed by atoms with Crippen molar-refractivity contribution in [3.05, 3.63) is 65.6 Å². The molecule has 0 aliphatic carbocycles. The van der Waals surface area contributed by atoms with E-state index in [-0.39, 0.29) is 18.1 Å². The summed E-state index contributed by atoms with van der Waals surface area (Å²) in [7, 11) is 3.36. The lowest BCUT2D eigenvalue weighted by Crippen LogP contribution is -2.21. The molecule has 1 aromatic heterocycles. The molecule has 0 N–H and O–H groups in total. The molecule has 0 radical (unpaired) electrons. The van der Waals surface area contributed by atoms with Crippen LogP contribution in [0, 0.1) is 5.82 Å². The van der Waals surface area contributed by atoms with Crippen molar-refractivity contribution in [2.75, 3.05) is 20.7 Å². The summed E-state index contributed by atoms with van der Waals surface area (Å²) in [6.45, 7) is 1.92. The summed E-state index contributed by atoms with van der Waals surface area (Å²) in [5.41, 5.74) is 1.68. The van der Waals surface area contributed by atoms with Gasteiger partial charge in [0.2, 0.25) is 0 Å². The molecule has 0 fully saturated rings. The van der Waals surface area contributed by atoms with Crippen LogP contribution in [0.3, 0.4) is 0 Å². The molecule has 0 unspecified atom stereocenters.